The van der Waals surface area contributed by atoms with Crippen molar-refractivity contribution < 1.29 is 0 Å². The second-order valence-corrected chi connectivity index (χ2v) is 5.26. The van der Waals surface area contributed by atoms with Crippen LogP contribution in [0.2, 0.25) is 0 Å². The Bertz CT molecular complexity index is 289. The van der Waals surface area contributed by atoms with Crippen LogP contribution in [-0.2, 0) is 13.5 Å². The number of aromatic nitrogens is 4. The van der Waals surface area contributed by atoms with E-state index in [-0.39, 0.29) is 5.41 Å². The highest BCUT2D eigenvalue weighted by Gasteiger charge is 2.25. The standard InChI is InChI=1S/C9H17BrN4/c1-9(2,3)7(6-10)5-8-11-13-14(4)12-8/h7H,5-6H2,1-4H3. The molecule has 4 nitrogen and oxygen atoms in total. The zero-order valence-corrected chi connectivity index (χ0v) is 10.7. The van der Waals surface area contributed by atoms with Crippen molar-refractivity contribution in [1.82, 2.24) is 20.2 Å². The molecule has 14 heavy (non-hydrogen) atoms. The average Bonchev–Trinajstić information content (AvgIpc) is 2.45. The Balaban J connectivity index is 2.66. The van der Waals surface area contributed by atoms with Gasteiger partial charge in [0.25, 0.3) is 0 Å². The van der Waals surface area contributed by atoms with E-state index < -0.39 is 0 Å². The second-order valence-electron chi connectivity index (χ2n) is 4.62. The molecule has 80 valence electrons. The lowest BCUT2D eigenvalue weighted by Gasteiger charge is -2.27. The van der Waals surface area contributed by atoms with Gasteiger partial charge < -0.3 is 0 Å². The van der Waals surface area contributed by atoms with Gasteiger partial charge >= 0.3 is 0 Å². The third-order valence-electron chi connectivity index (χ3n) is 2.39. The van der Waals surface area contributed by atoms with Gasteiger partial charge in [0.05, 0.1) is 7.05 Å². The van der Waals surface area contributed by atoms with Gasteiger partial charge in [-0.2, -0.15) is 4.80 Å². The minimum Gasteiger partial charge on any atom is -0.167 e. The lowest BCUT2D eigenvalue weighted by molar-refractivity contribution is 0.263. The fourth-order valence-electron chi connectivity index (χ4n) is 1.22. The number of nitrogens with zero attached hydrogens (tertiary/aromatic N) is 4. The summed E-state index contributed by atoms with van der Waals surface area (Å²) in [5.41, 5.74) is 0.267. The van der Waals surface area contributed by atoms with E-state index in [0.29, 0.717) is 5.92 Å². The van der Waals surface area contributed by atoms with Gasteiger partial charge in [0.2, 0.25) is 0 Å². The first-order valence-electron chi connectivity index (χ1n) is 4.72. The SMILES string of the molecule is Cn1nnc(CC(CBr)C(C)(C)C)n1. The molecule has 0 aliphatic carbocycles. The number of aryl methyl sites for hydroxylation is 1. The van der Waals surface area contributed by atoms with Crippen LogP contribution >= 0.6 is 15.9 Å². The number of hydrogen-bond donors (Lipinski definition) is 0. The van der Waals surface area contributed by atoms with Crippen molar-refractivity contribution in [1.29, 1.82) is 0 Å². The highest BCUT2D eigenvalue weighted by molar-refractivity contribution is 9.09. The zero-order chi connectivity index (χ0) is 10.8. The maximum absolute atomic E-state index is 4.19. The predicted molar refractivity (Wildman–Crippen MR) is 59.2 cm³/mol. The predicted octanol–water partition coefficient (Wildman–Crippen LogP) is 1.81. The van der Waals surface area contributed by atoms with E-state index in [2.05, 4.69) is 52.1 Å². The highest BCUT2D eigenvalue weighted by atomic mass is 79.9. The van der Waals surface area contributed by atoms with E-state index >= 15 is 0 Å². The summed E-state index contributed by atoms with van der Waals surface area (Å²) in [5.74, 6) is 1.36. The van der Waals surface area contributed by atoms with Crippen LogP contribution in [0.3, 0.4) is 0 Å². The van der Waals surface area contributed by atoms with Gasteiger partial charge in [-0.1, -0.05) is 36.7 Å². The van der Waals surface area contributed by atoms with Gasteiger partial charge in [-0.05, 0) is 16.5 Å². The zero-order valence-electron chi connectivity index (χ0n) is 9.16. The van der Waals surface area contributed by atoms with Crippen LogP contribution in [-0.4, -0.2) is 25.5 Å². The first-order chi connectivity index (χ1) is 6.43. The minimum absolute atomic E-state index is 0.267. The van der Waals surface area contributed by atoms with Crippen LogP contribution in [0.1, 0.15) is 26.6 Å². The van der Waals surface area contributed by atoms with E-state index in [9.17, 15) is 0 Å². The van der Waals surface area contributed by atoms with Crippen LogP contribution in [0.5, 0.6) is 0 Å². The van der Waals surface area contributed by atoms with Gasteiger partial charge in [0, 0.05) is 11.8 Å². The number of rotatable bonds is 3. The molecule has 1 aromatic rings. The molecule has 0 N–H and O–H groups in total. The molecule has 1 unspecified atom stereocenters. The molecule has 0 fully saturated rings. The maximum atomic E-state index is 4.19. The van der Waals surface area contributed by atoms with E-state index in [0.717, 1.165) is 17.6 Å². The summed E-state index contributed by atoms with van der Waals surface area (Å²) in [5, 5.41) is 13.0. The molecule has 0 bridgehead atoms. The first-order valence-corrected chi connectivity index (χ1v) is 5.84. The maximum Gasteiger partial charge on any atom is 0.175 e. The van der Waals surface area contributed by atoms with Gasteiger partial charge in [0.1, 0.15) is 0 Å². The van der Waals surface area contributed by atoms with Crippen molar-refractivity contribution in [2.24, 2.45) is 18.4 Å². The summed E-state index contributed by atoms with van der Waals surface area (Å²) in [4.78, 5) is 1.50. The largest absolute Gasteiger partial charge is 0.175 e. The number of tetrazole rings is 1. The van der Waals surface area contributed by atoms with E-state index in [1.165, 1.54) is 4.80 Å². The molecule has 5 heteroatoms. The van der Waals surface area contributed by atoms with Crippen LogP contribution < -0.4 is 0 Å². The summed E-state index contributed by atoms with van der Waals surface area (Å²) in [6.45, 7) is 6.69. The second kappa shape index (κ2) is 4.38. The molecule has 1 heterocycles. The molecule has 0 spiro atoms. The molecule has 0 amide bonds. The molecular formula is C9H17BrN4. The Labute approximate surface area is 93.2 Å². The quantitative estimate of drug-likeness (QED) is 0.779. The van der Waals surface area contributed by atoms with Crippen molar-refractivity contribution in [3.63, 3.8) is 0 Å². The fourth-order valence-corrected chi connectivity index (χ4v) is 2.42. The Morgan fingerprint density at radius 3 is 2.43 bits per heavy atom. The summed E-state index contributed by atoms with van der Waals surface area (Å²) < 4.78 is 0. The van der Waals surface area contributed by atoms with Crippen LogP contribution in [0.25, 0.3) is 0 Å². The van der Waals surface area contributed by atoms with Gasteiger partial charge in [-0.3, -0.25) is 0 Å². The molecule has 0 saturated carbocycles. The molecule has 0 aliphatic heterocycles. The van der Waals surface area contributed by atoms with Crippen LogP contribution in [0.15, 0.2) is 0 Å². The van der Waals surface area contributed by atoms with E-state index in [1.807, 2.05) is 0 Å². The summed E-state index contributed by atoms with van der Waals surface area (Å²) >= 11 is 3.53. The molecule has 1 rings (SSSR count). The number of halogens is 1. The Morgan fingerprint density at radius 1 is 1.43 bits per heavy atom. The summed E-state index contributed by atoms with van der Waals surface area (Å²) in [6.07, 6.45) is 0.878. The fraction of sp³-hybridized carbons (Fsp3) is 0.889. The normalized spacial score (nSPS) is 14.4. The summed E-state index contributed by atoms with van der Waals surface area (Å²) in [7, 11) is 1.79. The monoisotopic (exact) mass is 260 g/mol. The molecule has 0 aliphatic rings. The lowest BCUT2D eigenvalue weighted by Crippen LogP contribution is -2.24. The minimum atomic E-state index is 0.267. The van der Waals surface area contributed by atoms with Crippen molar-refractivity contribution in [3.05, 3.63) is 5.82 Å². The molecule has 0 radical (unpaired) electrons. The van der Waals surface area contributed by atoms with Gasteiger partial charge in [-0.25, -0.2) is 0 Å². The molecule has 1 aromatic heterocycles. The van der Waals surface area contributed by atoms with Crippen LogP contribution in [0.4, 0.5) is 0 Å². The third kappa shape index (κ3) is 3.04. The number of alkyl halides is 1. The molecule has 0 saturated heterocycles. The Kier molecular flexibility index (Phi) is 3.64. The summed E-state index contributed by atoms with van der Waals surface area (Å²) in [6, 6.07) is 0. The molecular weight excluding hydrogens is 244 g/mol. The van der Waals surface area contributed by atoms with Crippen molar-refractivity contribution in [2.45, 2.75) is 27.2 Å². The lowest BCUT2D eigenvalue weighted by atomic mass is 9.80. The highest BCUT2D eigenvalue weighted by Crippen LogP contribution is 2.29. The number of hydrogen-bond acceptors (Lipinski definition) is 3. The van der Waals surface area contributed by atoms with Crippen molar-refractivity contribution >= 4 is 15.9 Å². The Hall–Kier alpha value is -0.450. The smallest absolute Gasteiger partial charge is 0.167 e. The van der Waals surface area contributed by atoms with E-state index in [4.69, 9.17) is 0 Å². The third-order valence-corrected chi connectivity index (χ3v) is 3.17. The van der Waals surface area contributed by atoms with Crippen LogP contribution in [0, 0.1) is 11.3 Å². The average molecular weight is 261 g/mol. The van der Waals surface area contributed by atoms with Gasteiger partial charge in [0.15, 0.2) is 5.82 Å². The van der Waals surface area contributed by atoms with Crippen molar-refractivity contribution in [3.8, 4) is 0 Å². The molecule has 1 atom stereocenters. The van der Waals surface area contributed by atoms with E-state index in [1.54, 1.807) is 7.05 Å². The Morgan fingerprint density at radius 2 is 2.07 bits per heavy atom. The van der Waals surface area contributed by atoms with Gasteiger partial charge in [-0.15, -0.1) is 10.2 Å². The molecule has 0 aromatic carbocycles. The topological polar surface area (TPSA) is 43.6 Å². The first kappa shape index (κ1) is 11.6. The van der Waals surface area contributed by atoms with Crippen molar-refractivity contribution in [2.75, 3.05) is 5.33 Å².